The quantitative estimate of drug-likeness (QED) is 0.0375. The number of rotatable bonds is 29. The molecule has 117 heavy (non-hydrogen) atoms. The Morgan fingerprint density at radius 2 is 0.598 bits per heavy atom. The molecule has 2 aliphatic rings. The number of para-hydroxylation sites is 4. The van der Waals surface area contributed by atoms with Crippen LogP contribution in [0.1, 0.15) is 229 Å². The molecular formula is C112H120BrKN2O. The molecule has 14 aromatic rings. The number of unbranched alkanes of at least 4 members (excludes halogenated alkanes) is 12. The second kappa shape index (κ2) is 42.3. The molecule has 2 aliphatic carbocycles. The van der Waals surface area contributed by atoms with E-state index >= 15 is 0 Å². The Bertz CT molecular complexity index is 5250. The SMILES string of the molecule is CC(C)(C)[O-].CCCCCCc1ccc(C2(c3ccc(CCCCCC)cc3)c3cc(Br)ccc3-c3c2cc(C)c2ccccc32)cc1.CCCCCCc1ccc(C2(c3ccc(CCCCCC)cc3)c3cc(N(c4ccccc4)c4ccccc4)ccc3-c3c2cc(C)c2ccccc32)cc1.[K+].c1ccc(Nc2ccccc2)cc1. The molecule has 0 spiro atoms. The second-order valence-electron chi connectivity index (χ2n) is 33.2. The normalized spacial score (nSPS) is 12.5. The Labute approximate surface area is 752 Å². The molecule has 0 unspecified atom stereocenters. The molecule has 0 radical (unpaired) electrons. The van der Waals surface area contributed by atoms with Crippen molar-refractivity contribution in [2.75, 3.05) is 10.2 Å². The van der Waals surface area contributed by atoms with Gasteiger partial charge in [-0.15, -0.1) is 5.60 Å². The molecule has 0 fully saturated rings. The maximum atomic E-state index is 10.1. The van der Waals surface area contributed by atoms with Gasteiger partial charge in [-0.2, -0.15) is 0 Å². The van der Waals surface area contributed by atoms with Crippen molar-refractivity contribution in [1.29, 1.82) is 0 Å². The average Bonchev–Trinajstić information content (AvgIpc) is 1.53. The third kappa shape index (κ3) is 20.8. The van der Waals surface area contributed by atoms with Crippen molar-refractivity contribution in [2.24, 2.45) is 0 Å². The van der Waals surface area contributed by atoms with Crippen LogP contribution in [0.3, 0.4) is 0 Å². The van der Waals surface area contributed by atoms with Gasteiger partial charge in [0.2, 0.25) is 0 Å². The fourth-order valence-electron chi connectivity index (χ4n) is 17.9. The van der Waals surface area contributed by atoms with E-state index < -0.39 is 11.0 Å². The van der Waals surface area contributed by atoms with Crippen LogP contribution < -0.4 is 66.7 Å². The number of hydrogen-bond donors (Lipinski definition) is 1. The van der Waals surface area contributed by atoms with Crippen molar-refractivity contribution < 1.29 is 56.5 Å². The molecule has 0 saturated carbocycles. The Kier molecular flexibility index (Phi) is 31.7. The first-order chi connectivity index (χ1) is 56.6. The summed E-state index contributed by atoms with van der Waals surface area (Å²) in [6.07, 6.45) is 25.2. The zero-order chi connectivity index (χ0) is 80.9. The first kappa shape index (κ1) is 87.6. The Balaban J connectivity index is 0.000000179. The smallest absolute Gasteiger partial charge is 0.850 e. The molecule has 0 amide bonds. The van der Waals surface area contributed by atoms with Crippen molar-refractivity contribution in [3.63, 3.8) is 0 Å². The Hall–Kier alpha value is -8.72. The molecule has 0 bridgehead atoms. The van der Waals surface area contributed by atoms with Crippen molar-refractivity contribution >= 4 is 65.9 Å². The summed E-state index contributed by atoms with van der Waals surface area (Å²) in [7, 11) is 0. The van der Waals surface area contributed by atoms with Crippen molar-refractivity contribution in [3.8, 4) is 22.3 Å². The monoisotopic (exact) mass is 1630 g/mol. The van der Waals surface area contributed by atoms with Crippen LogP contribution in [-0.4, -0.2) is 5.60 Å². The zero-order valence-corrected chi connectivity index (χ0v) is 76.1. The van der Waals surface area contributed by atoms with E-state index in [2.05, 4.69) is 322 Å². The maximum Gasteiger partial charge on any atom is 1.00 e. The van der Waals surface area contributed by atoms with Crippen LogP contribution in [-0.2, 0) is 36.5 Å². The largest absolute Gasteiger partial charge is 1.00 e. The van der Waals surface area contributed by atoms with E-state index in [1.54, 1.807) is 20.8 Å². The van der Waals surface area contributed by atoms with E-state index in [9.17, 15) is 5.11 Å². The molecule has 0 aliphatic heterocycles. The van der Waals surface area contributed by atoms with Crippen LogP contribution in [0.2, 0.25) is 0 Å². The molecule has 0 heterocycles. The number of halogens is 1. The maximum absolute atomic E-state index is 10.1. The number of anilines is 5. The van der Waals surface area contributed by atoms with Crippen molar-refractivity contribution in [1.82, 2.24) is 0 Å². The number of nitrogens with one attached hydrogen (secondary N) is 1. The third-order valence-corrected chi connectivity index (χ3v) is 24.1. The summed E-state index contributed by atoms with van der Waals surface area (Å²) in [5, 5.41) is 18.8. The topological polar surface area (TPSA) is 38.3 Å². The average molecular weight is 1630 g/mol. The van der Waals surface area contributed by atoms with Gasteiger partial charge in [0, 0.05) is 32.9 Å². The van der Waals surface area contributed by atoms with E-state index in [1.807, 2.05) is 60.7 Å². The molecular weight excluding hydrogens is 1510 g/mol. The van der Waals surface area contributed by atoms with Gasteiger partial charge in [-0.25, -0.2) is 0 Å². The standard InChI is InChI=1S/C54H55N.C42H45Br.C12H11N.C4H9O.K/c1-4-6-8-12-20-41-28-32-43(33-29-41)54(44-34-30-42(31-35-44)21-13-9-7-5-2)51-39-47(55(45-22-14-10-15-23-45)46-24-16-11-17-25-46)36-37-50(51)53-49-27-19-18-26-48(49)40(3)38-52(53)54;1-4-6-8-10-14-31-18-22-33(23-19-31)42(34-24-20-32(21-25-34)15-11-9-7-5-2)39-29-35(43)26-27-38(39)41-37-17-13-12-16-36(37)30(3)28-40(41)42;1-3-7-11(8-4-1)13-12-9-5-2-6-10-12;1-4(2,3)5;/h10-11,14-19,22-39H,4-9,12-13,20-21H2,1-3H3;12-13,16-29H,4-11,14-15H2,1-3H3;1-10,13H;1-3H3;/q;;;-1;+1. The van der Waals surface area contributed by atoms with Crippen LogP contribution >= 0.6 is 15.9 Å². The summed E-state index contributed by atoms with van der Waals surface area (Å²) in [5.74, 6) is 0. The fourth-order valence-corrected chi connectivity index (χ4v) is 18.3. The molecule has 0 atom stereocenters. The van der Waals surface area contributed by atoms with Gasteiger partial charge in [0.25, 0.3) is 0 Å². The predicted octanol–water partition coefficient (Wildman–Crippen LogP) is 28.3. The van der Waals surface area contributed by atoms with Crippen LogP contribution in [0.4, 0.5) is 28.4 Å². The molecule has 5 heteroatoms. The zero-order valence-electron chi connectivity index (χ0n) is 71.4. The van der Waals surface area contributed by atoms with Gasteiger partial charge in [0.05, 0.1) is 10.8 Å². The van der Waals surface area contributed by atoms with Crippen molar-refractivity contribution in [3.05, 3.63) is 398 Å². The summed E-state index contributed by atoms with van der Waals surface area (Å²) < 4.78 is 1.13. The third-order valence-electron chi connectivity index (χ3n) is 23.6. The minimum atomic E-state index is -0.750. The number of nitrogens with zero attached hydrogens (tertiary/aromatic N) is 1. The summed E-state index contributed by atoms with van der Waals surface area (Å²) >= 11 is 3.88. The minimum absolute atomic E-state index is 0. The number of fused-ring (bicyclic) bond motifs is 10. The van der Waals surface area contributed by atoms with Crippen LogP contribution in [0.15, 0.2) is 320 Å². The number of aryl methyl sites for hydroxylation is 6. The van der Waals surface area contributed by atoms with E-state index in [0.29, 0.717) is 0 Å². The minimum Gasteiger partial charge on any atom is -0.850 e. The van der Waals surface area contributed by atoms with E-state index in [-0.39, 0.29) is 56.8 Å². The van der Waals surface area contributed by atoms with Gasteiger partial charge in [-0.3, -0.25) is 0 Å². The van der Waals surface area contributed by atoms with Crippen LogP contribution in [0.25, 0.3) is 43.8 Å². The van der Waals surface area contributed by atoms with Crippen LogP contribution in [0, 0.1) is 13.8 Å². The molecule has 0 aromatic heterocycles. The first-order valence-corrected chi connectivity index (χ1v) is 44.3. The van der Waals surface area contributed by atoms with Crippen LogP contribution in [0.5, 0.6) is 0 Å². The van der Waals surface area contributed by atoms with Gasteiger partial charge < -0.3 is 15.3 Å². The second-order valence-corrected chi connectivity index (χ2v) is 34.2. The van der Waals surface area contributed by atoms with E-state index in [4.69, 9.17) is 0 Å². The van der Waals surface area contributed by atoms with Gasteiger partial charge in [0.15, 0.2) is 0 Å². The molecule has 16 rings (SSSR count). The summed E-state index contributed by atoms with van der Waals surface area (Å²) in [6, 6.07) is 118. The van der Waals surface area contributed by atoms with Gasteiger partial charge in [-0.05, 0) is 260 Å². The van der Waals surface area contributed by atoms with E-state index in [0.717, 1.165) is 58.6 Å². The summed E-state index contributed by atoms with van der Waals surface area (Å²) in [4.78, 5) is 2.41. The Morgan fingerprint density at radius 3 is 0.923 bits per heavy atom. The van der Waals surface area contributed by atoms with Gasteiger partial charge in [0.1, 0.15) is 0 Å². The van der Waals surface area contributed by atoms with Crippen molar-refractivity contribution in [2.45, 2.75) is 207 Å². The molecule has 14 aromatic carbocycles. The molecule has 592 valence electrons. The Morgan fingerprint density at radius 1 is 0.308 bits per heavy atom. The first-order valence-electron chi connectivity index (χ1n) is 43.5. The number of hydrogen-bond acceptors (Lipinski definition) is 3. The van der Waals surface area contributed by atoms with Gasteiger partial charge in [-0.1, -0.05) is 384 Å². The number of benzene rings is 14. The summed E-state index contributed by atoms with van der Waals surface area (Å²) in [6.45, 7) is 18.6. The molecule has 0 saturated heterocycles. The van der Waals surface area contributed by atoms with E-state index in [1.165, 1.54) is 224 Å². The molecule has 3 nitrogen and oxygen atoms in total. The summed E-state index contributed by atoms with van der Waals surface area (Å²) in [5.41, 5.74) is 28.8. The van der Waals surface area contributed by atoms with Gasteiger partial charge >= 0.3 is 51.4 Å². The predicted molar refractivity (Wildman–Crippen MR) is 502 cm³/mol. The fraction of sp³-hybridized carbons (Fsp3) is 0.286. The molecule has 1 N–H and O–H groups in total.